The number of benzene rings is 5. The average Bonchev–Trinajstić information content (AvgIpc) is 2.99. The summed E-state index contributed by atoms with van der Waals surface area (Å²) in [6.45, 7) is 0. The van der Waals surface area contributed by atoms with Gasteiger partial charge in [-0.05, 0) is 53.4 Å². The van der Waals surface area contributed by atoms with Crippen molar-refractivity contribution in [2.24, 2.45) is 0 Å². The number of fused-ring (bicyclic) bond motifs is 1. The van der Waals surface area contributed by atoms with Crippen LogP contribution in [-0.2, 0) is 4.79 Å². The minimum absolute atomic E-state index is 0.0605. The van der Waals surface area contributed by atoms with Gasteiger partial charge in [-0.25, -0.2) is 4.79 Å². The maximum Gasteiger partial charge on any atom is 0.336 e. The van der Waals surface area contributed by atoms with Crippen molar-refractivity contribution in [1.29, 1.82) is 0 Å². The number of carboxylic acids is 1. The summed E-state index contributed by atoms with van der Waals surface area (Å²) in [6.07, 6.45) is 0. The fourth-order valence-electron chi connectivity index (χ4n) is 4.50. The Morgan fingerprint density at radius 3 is 2.10 bits per heavy atom. The van der Waals surface area contributed by atoms with Gasteiger partial charge in [0.25, 0.3) is 5.91 Å². The zero-order valence-corrected chi connectivity index (χ0v) is 22.9. The number of thioether (sulfide) groups is 1. The number of hydrogen-bond donors (Lipinski definition) is 3. The Kier molecular flexibility index (Phi) is 8.31. The molecule has 2 amide bonds. The molecule has 1 atom stereocenters. The van der Waals surface area contributed by atoms with E-state index in [4.69, 9.17) is 4.74 Å². The van der Waals surface area contributed by atoms with Crippen LogP contribution in [0, 0.1) is 0 Å². The molecular weight excluding hydrogens is 536 g/mol. The number of carboxylic acid groups (broad SMARTS) is 1. The van der Waals surface area contributed by atoms with Crippen LogP contribution < -0.4 is 15.4 Å². The molecule has 0 radical (unpaired) electrons. The molecule has 0 fully saturated rings. The summed E-state index contributed by atoms with van der Waals surface area (Å²) < 4.78 is 5.28. The number of amides is 2. The van der Waals surface area contributed by atoms with E-state index in [1.165, 1.54) is 17.8 Å². The van der Waals surface area contributed by atoms with E-state index in [0.717, 1.165) is 10.5 Å². The molecule has 0 saturated carbocycles. The van der Waals surface area contributed by atoms with E-state index in [2.05, 4.69) is 10.6 Å². The molecule has 0 aliphatic rings. The molecule has 0 aliphatic heterocycles. The van der Waals surface area contributed by atoms with Crippen molar-refractivity contribution >= 4 is 51.7 Å². The molecule has 0 heterocycles. The third-order valence-electron chi connectivity index (χ3n) is 6.40. The van der Waals surface area contributed by atoms with Gasteiger partial charge >= 0.3 is 5.97 Å². The van der Waals surface area contributed by atoms with Gasteiger partial charge in [0.15, 0.2) is 0 Å². The molecule has 0 aliphatic carbocycles. The number of methoxy groups -OCH3 is 1. The van der Waals surface area contributed by atoms with Gasteiger partial charge in [-0.15, -0.1) is 11.8 Å². The van der Waals surface area contributed by atoms with E-state index < -0.39 is 17.1 Å². The zero-order chi connectivity index (χ0) is 28.8. The van der Waals surface area contributed by atoms with Crippen LogP contribution in [0.15, 0.2) is 120 Å². The molecule has 5 aromatic rings. The van der Waals surface area contributed by atoms with Crippen LogP contribution in [0.4, 0.5) is 11.4 Å². The van der Waals surface area contributed by atoms with Gasteiger partial charge in [0.05, 0.1) is 12.7 Å². The Bertz CT molecular complexity index is 1730. The van der Waals surface area contributed by atoms with Gasteiger partial charge in [-0.2, -0.15) is 0 Å². The predicted molar refractivity (Wildman–Crippen MR) is 162 cm³/mol. The Hall–Kier alpha value is -5.08. The lowest BCUT2D eigenvalue weighted by Gasteiger charge is -2.18. The number of carbonyl (C=O) groups excluding carboxylic acids is 2. The first kappa shape index (κ1) is 27.5. The van der Waals surface area contributed by atoms with Crippen LogP contribution in [0.3, 0.4) is 0 Å². The van der Waals surface area contributed by atoms with Crippen LogP contribution in [0.5, 0.6) is 5.75 Å². The summed E-state index contributed by atoms with van der Waals surface area (Å²) in [4.78, 5) is 39.4. The number of aromatic carboxylic acids is 1. The van der Waals surface area contributed by atoms with Crippen molar-refractivity contribution in [3.63, 3.8) is 0 Å². The smallest absolute Gasteiger partial charge is 0.336 e. The summed E-state index contributed by atoms with van der Waals surface area (Å²) in [6, 6.07) is 33.8. The van der Waals surface area contributed by atoms with Crippen molar-refractivity contribution in [1.82, 2.24) is 0 Å². The van der Waals surface area contributed by atoms with Crippen molar-refractivity contribution < 1.29 is 24.2 Å². The summed E-state index contributed by atoms with van der Waals surface area (Å²) in [5, 5.41) is 16.0. The first-order chi connectivity index (χ1) is 19.9. The van der Waals surface area contributed by atoms with E-state index in [1.807, 2.05) is 36.4 Å². The maximum absolute atomic E-state index is 13.5. The van der Waals surface area contributed by atoms with Gasteiger partial charge in [0.1, 0.15) is 11.0 Å². The first-order valence-corrected chi connectivity index (χ1v) is 13.6. The Morgan fingerprint density at radius 2 is 1.39 bits per heavy atom. The Morgan fingerprint density at radius 1 is 0.732 bits per heavy atom. The van der Waals surface area contributed by atoms with Gasteiger partial charge in [0.2, 0.25) is 5.91 Å². The molecule has 3 N–H and O–H groups in total. The van der Waals surface area contributed by atoms with Gasteiger partial charge in [0, 0.05) is 33.3 Å². The lowest BCUT2D eigenvalue weighted by Crippen LogP contribution is -2.19. The number of carbonyl (C=O) groups is 3. The number of hydrogen-bond acceptors (Lipinski definition) is 5. The first-order valence-electron chi connectivity index (χ1n) is 12.8. The van der Waals surface area contributed by atoms with E-state index in [9.17, 15) is 19.5 Å². The van der Waals surface area contributed by atoms with Crippen LogP contribution in [0.1, 0.15) is 31.5 Å². The Labute approximate surface area is 241 Å². The minimum atomic E-state index is -1.10. The summed E-state index contributed by atoms with van der Waals surface area (Å²) in [5.41, 5.74) is 2.28. The van der Waals surface area contributed by atoms with Crippen LogP contribution in [0.25, 0.3) is 10.8 Å². The molecule has 5 rings (SSSR count). The Balaban J connectivity index is 1.40. The molecule has 7 nitrogen and oxygen atoms in total. The van der Waals surface area contributed by atoms with Gasteiger partial charge in [-0.3, -0.25) is 9.59 Å². The molecule has 1 unspecified atom stereocenters. The molecular formula is C33H26N2O5S. The van der Waals surface area contributed by atoms with Gasteiger partial charge in [-0.1, -0.05) is 66.7 Å². The number of nitrogens with one attached hydrogen (secondary N) is 2. The van der Waals surface area contributed by atoms with Crippen molar-refractivity contribution in [3.05, 3.63) is 132 Å². The topological polar surface area (TPSA) is 105 Å². The largest absolute Gasteiger partial charge is 0.497 e. The van der Waals surface area contributed by atoms with E-state index >= 15 is 0 Å². The molecule has 5 aromatic carbocycles. The molecule has 41 heavy (non-hydrogen) atoms. The highest BCUT2D eigenvalue weighted by atomic mass is 32.2. The monoisotopic (exact) mass is 562 g/mol. The van der Waals surface area contributed by atoms with E-state index in [-0.39, 0.29) is 17.0 Å². The van der Waals surface area contributed by atoms with Crippen LogP contribution >= 0.6 is 11.8 Å². The van der Waals surface area contributed by atoms with Crippen molar-refractivity contribution in [2.75, 3.05) is 17.7 Å². The summed E-state index contributed by atoms with van der Waals surface area (Å²) >= 11 is 1.35. The molecule has 0 saturated heterocycles. The van der Waals surface area contributed by atoms with Crippen LogP contribution in [0.2, 0.25) is 0 Å². The lowest BCUT2D eigenvalue weighted by atomic mass is 9.98. The lowest BCUT2D eigenvalue weighted by molar-refractivity contribution is -0.115. The SMILES string of the molecule is COc1cccc(NC(=O)C(Sc2cccc(NC(=O)c3cccc4cccc(C(=O)O)c34)c2)c2ccccc2)c1. The number of anilines is 2. The normalized spacial score (nSPS) is 11.4. The molecule has 8 heteroatoms. The summed E-state index contributed by atoms with van der Waals surface area (Å²) in [5.74, 6) is -1.10. The maximum atomic E-state index is 13.5. The molecule has 204 valence electrons. The molecule has 0 spiro atoms. The predicted octanol–water partition coefficient (Wildman–Crippen LogP) is 7.27. The number of rotatable bonds is 9. The molecule has 0 bridgehead atoms. The zero-order valence-electron chi connectivity index (χ0n) is 22.0. The average molecular weight is 563 g/mol. The molecule has 0 aromatic heterocycles. The highest BCUT2D eigenvalue weighted by Crippen LogP contribution is 2.37. The second-order valence-corrected chi connectivity index (χ2v) is 10.3. The fourth-order valence-corrected chi connectivity index (χ4v) is 5.58. The highest BCUT2D eigenvalue weighted by molar-refractivity contribution is 8.00. The third kappa shape index (κ3) is 6.40. The van der Waals surface area contributed by atoms with E-state index in [1.54, 1.807) is 79.9 Å². The fraction of sp³-hybridized carbons (Fsp3) is 0.0606. The van der Waals surface area contributed by atoms with Crippen molar-refractivity contribution in [3.8, 4) is 5.75 Å². The highest BCUT2D eigenvalue weighted by Gasteiger charge is 2.23. The number of ether oxygens (including phenoxy) is 1. The van der Waals surface area contributed by atoms with Crippen LogP contribution in [-0.4, -0.2) is 30.0 Å². The third-order valence-corrected chi connectivity index (χ3v) is 7.65. The summed E-state index contributed by atoms with van der Waals surface area (Å²) in [7, 11) is 1.57. The van der Waals surface area contributed by atoms with Crippen molar-refractivity contribution in [2.45, 2.75) is 10.1 Å². The quantitative estimate of drug-likeness (QED) is 0.163. The van der Waals surface area contributed by atoms with Gasteiger partial charge < -0.3 is 20.5 Å². The minimum Gasteiger partial charge on any atom is -0.497 e. The van der Waals surface area contributed by atoms with E-state index in [0.29, 0.717) is 27.9 Å². The second-order valence-electron chi connectivity index (χ2n) is 9.13. The standard InChI is InChI=1S/C33H26N2O5S/c1-40-25-15-7-13-23(19-25)35-32(37)30(22-9-3-2-4-10-22)41-26-16-8-14-24(20-26)34-31(36)27-17-5-11-21-12-6-18-28(29(21)27)33(38)39/h2-20,30H,1H3,(H,34,36)(H,35,37)(H,38,39). The second kappa shape index (κ2) is 12.4.